The van der Waals surface area contributed by atoms with E-state index in [-0.39, 0.29) is 23.5 Å². The first kappa shape index (κ1) is 12.2. The largest absolute Gasteiger partial charge is 0.395 e. The summed E-state index contributed by atoms with van der Waals surface area (Å²) in [5.41, 5.74) is 0.535. The molecule has 0 aliphatic carbocycles. The quantitative estimate of drug-likeness (QED) is 0.731. The maximum absolute atomic E-state index is 11.7. The summed E-state index contributed by atoms with van der Waals surface area (Å²) < 4.78 is 1.49. The van der Waals surface area contributed by atoms with E-state index in [9.17, 15) is 9.59 Å². The van der Waals surface area contributed by atoms with Crippen molar-refractivity contribution >= 4 is 11.8 Å². The Hall–Kier alpha value is -1.27. The number of hydrogen-bond donors (Lipinski definition) is 2. The van der Waals surface area contributed by atoms with E-state index in [0.29, 0.717) is 11.3 Å². The highest BCUT2D eigenvalue weighted by atomic mass is 32.2. The summed E-state index contributed by atoms with van der Waals surface area (Å²) in [5, 5.41) is 9.11. The van der Waals surface area contributed by atoms with Crippen LogP contribution in [0.25, 0.3) is 0 Å². The van der Waals surface area contributed by atoms with Crippen LogP contribution >= 0.6 is 11.8 Å². The van der Waals surface area contributed by atoms with E-state index in [1.165, 1.54) is 4.57 Å². The van der Waals surface area contributed by atoms with Crippen LogP contribution in [0, 0.1) is 6.92 Å². The maximum atomic E-state index is 11.7. The average molecular weight is 254 g/mol. The molecule has 1 fully saturated rings. The highest BCUT2D eigenvalue weighted by molar-refractivity contribution is 8.00. The third kappa shape index (κ3) is 2.10. The number of H-pyrrole nitrogens is 1. The number of rotatable bonds is 2. The topological polar surface area (TPSA) is 75.1 Å². The van der Waals surface area contributed by atoms with Crippen LogP contribution in [-0.4, -0.2) is 32.3 Å². The van der Waals surface area contributed by atoms with Crippen LogP contribution in [0.1, 0.15) is 11.6 Å². The van der Waals surface area contributed by atoms with Gasteiger partial charge < -0.3 is 5.11 Å². The molecule has 6 heteroatoms. The molecule has 5 nitrogen and oxygen atoms in total. The Morgan fingerprint density at radius 1 is 1.65 bits per heavy atom. The van der Waals surface area contributed by atoms with Crippen molar-refractivity contribution in [2.75, 3.05) is 12.4 Å². The molecule has 0 unspecified atom stereocenters. The molecule has 0 amide bonds. The lowest BCUT2D eigenvalue weighted by molar-refractivity contribution is 0.302. The zero-order chi connectivity index (χ0) is 12.6. The minimum Gasteiger partial charge on any atom is -0.395 e. The van der Waals surface area contributed by atoms with Crippen LogP contribution in [0.3, 0.4) is 0 Å². The highest BCUT2D eigenvalue weighted by Crippen LogP contribution is 2.37. The summed E-state index contributed by atoms with van der Waals surface area (Å²) in [6.45, 7) is 5.61. The Morgan fingerprint density at radius 3 is 2.94 bits per heavy atom. The number of aromatic amines is 1. The second-order valence-electron chi connectivity index (χ2n) is 4.07. The van der Waals surface area contributed by atoms with Gasteiger partial charge in [-0.1, -0.05) is 6.58 Å². The van der Waals surface area contributed by atoms with Crippen molar-refractivity contribution in [3.05, 3.63) is 44.8 Å². The van der Waals surface area contributed by atoms with E-state index >= 15 is 0 Å². The van der Waals surface area contributed by atoms with Gasteiger partial charge in [-0.3, -0.25) is 14.3 Å². The molecule has 1 aliphatic heterocycles. The number of thioether (sulfide) groups is 1. The predicted molar refractivity (Wildman–Crippen MR) is 67.6 cm³/mol. The van der Waals surface area contributed by atoms with Gasteiger partial charge in [-0.05, 0) is 12.5 Å². The van der Waals surface area contributed by atoms with Gasteiger partial charge in [0.05, 0.1) is 17.9 Å². The first-order valence-electron chi connectivity index (χ1n) is 5.27. The summed E-state index contributed by atoms with van der Waals surface area (Å²) in [6.07, 6.45) is 1.55. The SMILES string of the molecule is C=C1[C@H](CO)SC[C@H]1n1cc(C)c(=O)[nH]c1=O. The Labute approximate surface area is 102 Å². The summed E-state index contributed by atoms with van der Waals surface area (Å²) in [6, 6.07) is -0.153. The van der Waals surface area contributed by atoms with Gasteiger partial charge in [-0.2, -0.15) is 0 Å². The molecule has 0 bridgehead atoms. The maximum Gasteiger partial charge on any atom is 0.328 e. The molecule has 0 aromatic carbocycles. The van der Waals surface area contributed by atoms with Gasteiger partial charge in [0, 0.05) is 17.5 Å². The van der Waals surface area contributed by atoms with Gasteiger partial charge in [0.25, 0.3) is 5.56 Å². The van der Waals surface area contributed by atoms with Crippen molar-refractivity contribution < 1.29 is 5.11 Å². The second-order valence-corrected chi connectivity index (χ2v) is 5.31. The van der Waals surface area contributed by atoms with Gasteiger partial charge in [-0.15, -0.1) is 11.8 Å². The Balaban J connectivity index is 2.43. The van der Waals surface area contributed by atoms with Crippen molar-refractivity contribution in [1.82, 2.24) is 9.55 Å². The van der Waals surface area contributed by atoms with E-state index in [0.717, 1.165) is 5.57 Å². The van der Waals surface area contributed by atoms with E-state index in [1.54, 1.807) is 24.9 Å². The molecule has 2 heterocycles. The van der Waals surface area contributed by atoms with Crippen LogP contribution in [0.15, 0.2) is 27.9 Å². The summed E-state index contributed by atoms with van der Waals surface area (Å²) in [7, 11) is 0. The molecular weight excluding hydrogens is 240 g/mol. The molecule has 1 aromatic heterocycles. The second kappa shape index (κ2) is 4.54. The van der Waals surface area contributed by atoms with E-state index in [4.69, 9.17) is 5.11 Å². The van der Waals surface area contributed by atoms with Gasteiger partial charge >= 0.3 is 5.69 Å². The zero-order valence-corrected chi connectivity index (χ0v) is 10.3. The van der Waals surface area contributed by atoms with Gasteiger partial charge in [-0.25, -0.2) is 4.79 Å². The predicted octanol–water partition coefficient (Wildman–Crippen LogP) is 0.0500. The number of aromatic nitrogens is 2. The average Bonchev–Trinajstić information content (AvgIpc) is 2.65. The molecule has 0 radical (unpaired) electrons. The first-order valence-corrected chi connectivity index (χ1v) is 6.32. The Kier molecular flexibility index (Phi) is 3.26. The number of aryl methyl sites for hydroxylation is 1. The van der Waals surface area contributed by atoms with Crippen LogP contribution < -0.4 is 11.2 Å². The summed E-state index contributed by atoms with van der Waals surface area (Å²) in [5.74, 6) is 0.690. The third-order valence-electron chi connectivity index (χ3n) is 2.94. The lowest BCUT2D eigenvalue weighted by Crippen LogP contribution is -2.34. The van der Waals surface area contributed by atoms with Crippen molar-refractivity contribution in [3.63, 3.8) is 0 Å². The van der Waals surface area contributed by atoms with E-state index in [1.807, 2.05) is 0 Å². The smallest absolute Gasteiger partial charge is 0.328 e. The summed E-state index contributed by atoms with van der Waals surface area (Å²) >= 11 is 1.57. The molecule has 2 atom stereocenters. The monoisotopic (exact) mass is 254 g/mol. The molecule has 0 saturated carbocycles. The van der Waals surface area contributed by atoms with Crippen molar-refractivity contribution in [2.45, 2.75) is 18.2 Å². The minimum atomic E-state index is -0.425. The molecule has 1 aliphatic rings. The molecule has 1 aromatic rings. The van der Waals surface area contributed by atoms with Gasteiger partial charge in [0.15, 0.2) is 0 Å². The van der Waals surface area contributed by atoms with E-state index < -0.39 is 5.69 Å². The number of nitrogens with zero attached hydrogens (tertiary/aromatic N) is 1. The fourth-order valence-corrected chi connectivity index (χ4v) is 3.15. The van der Waals surface area contributed by atoms with Crippen molar-refractivity contribution in [3.8, 4) is 0 Å². The van der Waals surface area contributed by atoms with Crippen LogP contribution in [0.4, 0.5) is 0 Å². The first-order chi connectivity index (χ1) is 8.04. The summed E-state index contributed by atoms with van der Waals surface area (Å²) in [4.78, 5) is 25.3. The fourth-order valence-electron chi connectivity index (χ4n) is 1.88. The number of aliphatic hydroxyl groups excluding tert-OH is 1. The molecule has 2 rings (SSSR count). The van der Waals surface area contributed by atoms with E-state index in [2.05, 4.69) is 11.6 Å². The number of aliphatic hydroxyl groups is 1. The van der Waals surface area contributed by atoms with Crippen LogP contribution in [0.2, 0.25) is 0 Å². The molecule has 2 N–H and O–H groups in total. The minimum absolute atomic E-state index is 0.0249. The normalized spacial score (nSPS) is 24.2. The van der Waals surface area contributed by atoms with Crippen molar-refractivity contribution in [2.24, 2.45) is 0 Å². The number of nitrogens with one attached hydrogen (secondary N) is 1. The van der Waals surface area contributed by atoms with Crippen molar-refractivity contribution in [1.29, 1.82) is 0 Å². The van der Waals surface area contributed by atoms with Crippen LogP contribution in [0.5, 0.6) is 0 Å². The highest BCUT2D eigenvalue weighted by Gasteiger charge is 2.30. The van der Waals surface area contributed by atoms with Crippen LogP contribution in [-0.2, 0) is 0 Å². The van der Waals surface area contributed by atoms with Gasteiger partial charge in [0.2, 0.25) is 0 Å². The lowest BCUT2D eigenvalue weighted by atomic mass is 10.1. The molecule has 1 saturated heterocycles. The standard InChI is InChI=1S/C11H14N2O3S/c1-6-3-13(11(16)12-10(6)15)8-5-17-9(4-14)7(8)2/h3,8-9,14H,2,4-5H2,1H3,(H,12,15,16)/t8-,9+/m1/s1. The molecular formula is C11H14N2O3S. The lowest BCUT2D eigenvalue weighted by Gasteiger charge is -2.15. The fraction of sp³-hybridized carbons (Fsp3) is 0.455. The zero-order valence-electron chi connectivity index (χ0n) is 9.47. The van der Waals surface area contributed by atoms with Gasteiger partial charge in [0.1, 0.15) is 0 Å². The third-order valence-corrected chi connectivity index (χ3v) is 4.31. The Morgan fingerprint density at radius 2 is 2.35 bits per heavy atom. The molecule has 0 spiro atoms. The molecule has 92 valence electrons. The Bertz CT molecular complexity index is 561. The molecule has 17 heavy (non-hydrogen) atoms. The number of hydrogen-bond acceptors (Lipinski definition) is 4.